The lowest BCUT2D eigenvalue weighted by Crippen LogP contribution is -2.31. The van der Waals surface area contributed by atoms with Gasteiger partial charge in [-0.2, -0.15) is 13.2 Å². The number of sulfone groups is 1. The fraction of sp³-hybridized carbons (Fsp3) is 0.474. The fourth-order valence-electron chi connectivity index (χ4n) is 3.50. The van der Waals surface area contributed by atoms with Crippen LogP contribution in [-0.2, 0) is 23.4 Å². The van der Waals surface area contributed by atoms with Gasteiger partial charge in [-0.25, -0.2) is 8.42 Å². The summed E-state index contributed by atoms with van der Waals surface area (Å²) < 4.78 is 63.8. The van der Waals surface area contributed by atoms with Gasteiger partial charge in [0.25, 0.3) is 5.56 Å². The summed E-state index contributed by atoms with van der Waals surface area (Å²) in [7, 11) is -1.21. The van der Waals surface area contributed by atoms with Gasteiger partial charge in [-0.1, -0.05) is 11.6 Å². The number of ketones is 1. The van der Waals surface area contributed by atoms with Crippen molar-refractivity contribution in [1.29, 1.82) is 0 Å². The first-order valence-corrected chi connectivity index (χ1v) is 11.6. The highest BCUT2D eigenvalue weighted by Crippen LogP contribution is 2.41. The normalized spacial score (nSPS) is 15.0. The molecular weight excluding hydrogens is 459 g/mol. The van der Waals surface area contributed by atoms with Gasteiger partial charge in [0.05, 0.1) is 22.2 Å². The maximum absolute atomic E-state index is 13.2. The molecule has 31 heavy (non-hydrogen) atoms. The van der Waals surface area contributed by atoms with Crippen molar-refractivity contribution in [3.8, 4) is 0 Å². The van der Waals surface area contributed by atoms with E-state index in [1.165, 1.54) is 17.8 Å². The summed E-state index contributed by atoms with van der Waals surface area (Å²) in [6.45, 7) is -1.75. The molecular formula is C19H21ClF3N3O4S. The van der Waals surface area contributed by atoms with E-state index < -0.39 is 40.4 Å². The van der Waals surface area contributed by atoms with E-state index in [2.05, 4.69) is 5.10 Å². The number of benzene rings is 1. The second-order valence-corrected chi connectivity index (χ2v) is 10.2. The van der Waals surface area contributed by atoms with Crippen LogP contribution in [0.5, 0.6) is 0 Å². The van der Waals surface area contributed by atoms with E-state index in [-0.39, 0.29) is 32.5 Å². The average Bonchev–Trinajstić information content (AvgIpc) is 3.40. The van der Waals surface area contributed by atoms with Crippen molar-refractivity contribution in [1.82, 2.24) is 14.7 Å². The molecule has 0 saturated heterocycles. The molecule has 0 radical (unpaired) electrons. The maximum Gasteiger partial charge on any atom is 0.401 e. The second kappa shape index (κ2) is 8.10. The zero-order valence-electron chi connectivity index (χ0n) is 17.0. The minimum atomic E-state index is -4.50. The summed E-state index contributed by atoms with van der Waals surface area (Å²) in [6, 6.07) is 2.33. The van der Waals surface area contributed by atoms with E-state index in [1.807, 2.05) is 0 Å². The zero-order valence-corrected chi connectivity index (χ0v) is 18.6. The monoisotopic (exact) mass is 479 g/mol. The first kappa shape index (κ1) is 23.6. The molecule has 1 heterocycles. The van der Waals surface area contributed by atoms with E-state index in [1.54, 1.807) is 0 Å². The van der Waals surface area contributed by atoms with Crippen molar-refractivity contribution in [3.63, 3.8) is 0 Å². The van der Waals surface area contributed by atoms with Gasteiger partial charge in [-0.05, 0) is 32.0 Å². The third-order valence-electron chi connectivity index (χ3n) is 5.01. The van der Waals surface area contributed by atoms with Crippen molar-refractivity contribution in [2.45, 2.75) is 36.4 Å². The molecule has 0 aliphatic heterocycles. The Bertz CT molecular complexity index is 1200. The van der Waals surface area contributed by atoms with Crippen LogP contribution < -0.4 is 5.56 Å². The maximum atomic E-state index is 13.2. The number of carbonyl (C=O) groups excluding carboxylic acids is 1. The number of halogens is 4. The number of hydrogen-bond donors (Lipinski definition) is 1. The van der Waals surface area contributed by atoms with Crippen molar-refractivity contribution < 1.29 is 26.4 Å². The molecule has 7 nitrogen and oxygen atoms in total. The van der Waals surface area contributed by atoms with Crippen LogP contribution in [-0.4, -0.2) is 54.9 Å². The molecule has 0 bridgehead atoms. The largest absolute Gasteiger partial charge is 0.401 e. The number of nitrogens with one attached hydrogen (secondary N) is 1. The van der Waals surface area contributed by atoms with Gasteiger partial charge in [-0.15, -0.1) is 0 Å². The Balaban J connectivity index is 2.11. The summed E-state index contributed by atoms with van der Waals surface area (Å²) in [5.41, 5.74) is -0.416. The smallest absolute Gasteiger partial charge is 0.299 e. The van der Waals surface area contributed by atoms with Crippen LogP contribution in [0.3, 0.4) is 0 Å². The first-order valence-electron chi connectivity index (χ1n) is 9.31. The number of hydrogen-bond acceptors (Lipinski definition) is 5. The van der Waals surface area contributed by atoms with Gasteiger partial charge in [-0.3, -0.25) is 24.3 Å². The van der Waals surface area contributed by atoms with Gasteiger partial charge in [0.1, 0.15) is 5.56 Å². The Morgan fingerprint density at radius 3 is 2.45 bits per heavy atom. The highest BCUT2D eigenvalue weighted by Gasteiger charge is 2.35. The van der Waals surface area contributed by atoms with Crippen molar-refractivity contribution in [3.05, 3.63) is 49.9 Å². The van der Waals surface area contributed by atoms with Gasteiger partial charge in [0, 0.05) is 36.9 Å². The number of carbonyl (C=O) groups is 1. The molecule has 1 fully saturated rings. The summed E-state index contributed by atoms with van der Waals surface area (Å²) in [4.78, 5) is 26.3. The topological polar surface area (TPSA) is 92.2 Å². The molecule has 1 aliphatic rings. The van der Waals surface area contributed by atoms with Crippen LogP contribution in [0.1, 0.15) is 45.9 Å². The predicted octanol–water partition coefficient (Wildman–Crippen LogP) is 2.87. The summed E-state index contributed by atoms with van der Waals surface area (Å²) in [6.07, 6.45) is -1.97. The minimum Gasteiger partial charge on any atom is -0.299 e. The van der Waals surface area contributed by atoms with E-state index in [4.69, 9.17) is 11.6 Å². The Morgan fingerprint density at radius 1 is 1.32 bits per heavy atom. The quantitative estimate of drug-likeness (QED) is 0.616. The van der Waals surface area contributed by atoms with Crippen LogP contribution in [0.15, 0.2) is 21.8 Å². The van der Waals surface area contributed by atoms with Crippen LogP contribution in [0, 0.1) is 0 Å². The Labute approximate surface area is 181 Å². The number of alkyl halides is 3. The minimum absolute atomic E-state index is 0.0410. The third-order valence-corrected chi connectivity index (χ3v) is 6.62. The van der Waals surface area contributed by atoms with Crippen LogP contribution in [0.25, 0.3) is 0 Å². The van der Waals surface area contributed by atoms with Gasteiger partial charge in [0.2, 0.25) is 5.78 Å². The SMILES string of the molecule is CN(Cc1c(S(C)(=O)=O)ccc(C(=O)c2c(C3CC3)[nH]n(C)c2=O)c1Cl)CC(F)(F)F. The zero-order chi connectivity index (χ0) is 23.3. The molecule has 1 aromatic carbocycles. The predicted molar refractivity (Wildman–Crippen MR) is 108 cm³/mol. The molecule has 1 N–H and O–H groups in total. The Kier molecular flexibility index (Phi) is 6.16. The Hall–Kier alpha value is -2.11. The summed E-state index contributed by atoms with van der Waals surface area (Å²) >= 11 is 6.37. The summed E-state index contributed by atoms with van der Waals surface area (Å²) in [5.74, 6) is -0.659. The van der Waals surface area contributed by atoms with Gasteiger partial charge < -0.3 is 0 Å². The molecule has 12 heteroatoms. The number of rotatable bonds is 7. The highest BCUT2D eigenvalue weighted by atomic mass is 35.5. The van der Waals surface area contributed by atoms with Crippen LogP contribution in [0.2, 0.25) is 5.02 Å². The molecule has 2 aromatic rings. The van der Waals surface area contributed by atoms with Gasteiger partial charge in [0.15, 0.2) is 9.84 Å². The van der Waals surface area contributed by atoms with Crippen molar-refractivity contribution in [2.75, 3.05) is 19.8 Å². The lowest BCUT2D eigenvalue weighted by Gasteiger charge is -2.21. The lowest BCUT2D eigenvalue weighted by molar-refractivity contribution is -0.144. The lowest BCUT2D eigenvalue weighted by atomic mass is 9.99. The standard InChI is InChI=1S/C19H21ClF3N3O4S/c1-25(9-19(21,22)23)8-12-13(31(3,29)30)7-6-11(15(12)20)17(27)14-16(10-4-5-10)24-26(2)18(14)28/h6-7,10,24H,4-5,8-9H2,1-3H3. The molecule has 3 rings (SSSR count). The number of nitrogens with zero attached hydrogens (tertiary/aromatic N) is 2. The third kappa shape index (κ3) is 5.04. The van der Waals surface area contributed by atoms with Crippen molar-refractivity contribution >= 4 is 27.2 Å². The van der Waals surface area contributed by atoms with E-state index in [0.29, 0.717) is 5.69 Å². The fourth-order valence-corrected chi connectivity index (χ4v) is 4.79. The number of aromatic nitrogens is 2. The first-order chi connectivity index (χ1) is 14.2. The molecule has 0 atom stereocenters. The van der Waals surface area contributed by atoms with Crippen LogP contribution in [0.4, 0.5) is 13.2 Å². The van der Waals surface area contributed by atoms with Crippen LogP contribution >= 0.6 is 11.6 Å². The van der Waals surface area contributed by atoms with E-state index in [0.717, 1.165) is 37.1 Å². The van der Waals surface area contributed by atoms with E-state index >= 15 is 0 Å². The molecule has 1 saturated carbocycles. The second-order valence-electron chi connectivity index (χ2n) is 7.83. The molecule has 1 aromatic heterocycles. The molecule has 0 amide bonds. The number of aromatic amines is 1. The molecule has 0 unspecified atom stereocenters. The number of H-pyrrole nitrogens is 1. The molecule has 0 spiro atoms. The Morgan fingerprint density at radius 2 is 1.94 bits per heavy atom. The highest BCUT2D eigenvalue weighted by molar-refractivity contribution is 7.90. The molecule has 170 valence electrons. The molecule has 1 aliphatic carbocycles. The van der Waals surface area contributed by atoms with Crippen molar-refractivity contribution in [2.24, 2.45) is 7.05 Å². The number of aryl methyl sites for hydroxylation is 1. The van der Waals surface area contributed by atoms with E-state index in [9.17, 15) is 31.2 Å². The van der Waals surface area contributed by atoms with Gasteiger partial charge >= 0.3 is 6.18 Å². The average molecular weight is 480 g/mol. The summed E-state index contributed by atoms with van der Waals surface area (Å²) in [5, 5.41) is 2.58.